The van der Waals surface area contributed by atoms with Gasteiger partial charge in [0, 0.05) is 11.3 Å². The van der Waals surface area contributed by atoms with E-state index in [4.69, 9.17) is 4.74 Å². The first-order valence-electron chi connectivity index (χ1n) is 11.4. The number of hydrogen-bond donors (Lipinski definition) is 1. The van der Waals surface area contributed by atoms with Crippen molar-refractivity contribution in [2.45, 2.75) is 13.0 Å². The maximum absolute atomic E-state index is 13.5. The van der Waals surface area contributed by atoms with Crippen LogP contribution in [0.5, 0.6) is 11.5 Å². The summed E-state index contributed by atoms with van der Waals surface area (Å²) < 4.78 is 19.5. The van der Waals surface area contributed by atoms with Crippen LogP contribution >= 0.6 is 0 Å². The van der Waals surface area contributed by atoms with Gasteiger partial charge < -0.3 is 9.84 Å². The molecular formula is C30H22FNO4. The van der Waals surface area contributed by atoms with E-state index in [-0.39, 0.29) is 16.9 Å². The van der Waals surface area contributed by atoms with Crippen LogP contribution in [0.3, 0.4) is 0 Å². The van der Waals surface area contributed by atoms with E-state index in [2.05, 4.69) is 0 Å². The Morgan fingerprint density at radius 1 is 0.833 bits per heavy atom. The van der Waals surface area contributed by atoms with Gasteiger partial charge in [-0.05, 0) is 73.2 Å². The zero-order valence-corrected chi connectivity index (χ0v) is 19.4. The molecule has 1 atom stereocenters. The van der Waals surface area contributed by atoms with Crippen molar-refractivity contribution in [2.24, 2.45) is 0 Å². The summed E-state index contributed by atoms with van der Waals surface area (Å²) >= 11 is 0. The highest BCUT2D eigenvalue weighted by atomic mass is 19.1. The fourth-order valence-corrected chi connectivity index (χ4v) is 4.26. The highest BCUT2D eigenvalue weighted by Crippen LogP contribution is 2.43. The molecule has 0 radical (unpaired) electrons. The van der Waals surface area contributed by atoms with Crippen molar-refractivity contribution >= 4 is 23.1 Å². The molecule has 5 rings (SSSR count). The number of halogens is 1. The van der Waals surface area contributed by atoms with E-state index >= 15 is 0 Å². The van der Waals surface area contributed by atoms with Gasteiger partial charge in [-0.3, -0.25) is 14.5 Å². The van der Waals surface area contributed by atoms with Crippen LogP contribution in [0.15, 0.2) is 109 Å². The summed E-state index contributed by atoms with van der Waals surface area (Å²) in [7, 11) is 0. The zero-order chi connectivity index (χ0) is 25.2. The average molecular weight is 480 g/mol. The second-order valence-electron chi connectivity index (χ2n) is 8.50. The molecule has 1 amide bonds. The fraction of sp³-hybridized carbons (Fsp3) is 0.0667. The Balaban J connectivity index is 1.66. The van der Waals surface area contributed by atoms with Gasteiger partial charge in [0.05, 0.1) is 11.6 Å². The molecule has 178 valence electrons. The van der Waals surface area contributed by atoms with Gasteiger partial charge in [-0.2, -0.15) is 0 Å². The molecule has 1 N–H and O–H groups in total. The number of nitrogens with zero attached hydrogens (tertiary/aromatic N) is 1. The molecule has 1 saturated heterocycles. The first-order chi connectivity index (χ1) is 17.4. The van der Waals surface area contributed by atoms with Crippen molar-refractivity contribution in [3.8, 4) is 11.5 Å². The van der Waals surface area contributed by atoms with E-state index in [0.717, 1.165) is 5.56 Å². The number of benzene rings is 4. The number of hydrogen-bond acceptors (Lipinski definition) is 4. The molecule has 0 saturated carbocycles. The van der Waals surface area contributed by atoms with Crippen LogP contribution in [0.4, 0.5) is 10.1 Å². The minimum atomic E-state index is -0.919. The lowest BCUT2D eigenvalue weighted by Gasteiger charge is -2.26. The van der Waals surface area contributed by atoms with Crippen LogP contribution in [0, 0.1) is 12.7 Å². The van der Waals surface area contributed by atoms with Gasteiger partial charge in [0.15, 0.2) is 0 Å². The second-order valence-corrected chi connectivity index (χ2v) is 8.50. The van der Waals surface area contributed by atoms with Gasteiger partial charge in [-0.15, -0.1) is 0 Å². The third-order valence-corrected chi connectivity index (χ3v) is 6.03. The highest BCUT2D eigenvalue weighted by molar-refractivity contribution is 6.51. The van der Waals surface area contributed by atoms with Gasteiger partial charge >= 0.3 is 0 Å². The van der Waals surface area contributed by atoms with Crippen molar-refractivity contribution in [3.05, 3.63) is 131 Å². The van der Waals surface area contributed by atoms with Crippen molar-refractivity contribution in [1.82, 2.24) is 0 Å². The molecule has 4 aromatic carbocycles. The van der Waals surface area contributed by atoms with Gasteiger partial charge in [0.2, 0.25) is 0 Å². The number of ketones is 1. The topological polar surface area (TPSA) is 66.8 Å². The number of Topliss-reactive ketones (excluding diaryl/α,β-unsaturated/α-hetero) is 1. The van der Waals surface area contributed by atoms with E-state index in [1.54, 1.807) is 36.4 Å². The molecule has 0 aliphatic carbocycles. The standard InChI is InChI=1S/C30H22FNO4/c1-19-10-16-23(17-11-19)32-27(21-6-5-9-25(18-21)36-24-7-3-2-4-8-24)26(29(34)30(32)35)28(33)20-12-14-22(31)15-13-20/h2-18,27,33H,1H3/b28-26-. The second kappa shape index (κ2) is 9.50. The molecular weight excluding hydrogens is 457 g/mol. The summed E-state index contributed by atoms with van der Waals surface area (Å²) in [4.78, 5) is 27.9. The van der Waals surface area contributed by atoms with E-state index < -0.39 is 23.5 Å². The number of anilines is 1. The number of para-hydroxylation sites is 1. The maximum Gasteiger partial charge on any atom is 0.300 e. The van der Waals surface area contributed by atoms with E-state index in [9.17, 15) is 19.1 Å². The summed E-state index contributed by atoms with van der Waals surface area (Å²) in [5.74, 6) is -1.29. The first kappa shape index (κ1) is 23.1. The number of aliphatic hydroxyl groups excluding tert-OH is 1. The van der Waals surface area contributed by atoms with Gasteiger partial charge in [0.1, 0.15) is 23.1 Å². The smallest absolute Gasteiger partial charge is 0.300 e. The number of carbonyl (C=O) groups is 2. The molecule has 1 unspecified atom stereocenters. The molecule has 1 fully saturated rings. The number of amides is 1. The van der Waals surface area contributed by atoms with Crippen molar-refractivity contribution in [1.29, 1.82) is 0 Å². The Bertz CT molecular complexity index is 1460. The molecule has 1 aliphatic heterocycles. The van der Waals surface area contributed by atoms with Crippen LogP contribution in [-0.4, -0.2) is 16.8 Å². The largest absolute Gasteiger partial charge is 0.507 e. The molecule has 0 aromatic heterocycles. The molecule has 0 bridgehead atoms. The molecule has 1 heterocycles. The predicted octanol–water partition coefficient (Wildman–Crippen LogP) is 6.55. The summed E-state index contributed by atoms with van der Waals surface area (Å²) in [5, 5.41) is 11.2. The monoisotopic (exact) mass is 479 g/mol. The zero-order valence-electron chi connectivity index (χ0n) is 19.4. The average Bonchev–Trinajstić information content (AvgIpc) is 3.16. The Labute approximate surface area is 207 Å². The number of carbonyl (C=O) groups excluding carboxylic acids is 2. The van der Waals surface area contributed by atoms with Crippen LogP contribution in [0.25, 0.3) is 5.76 Å². The molecule has 36 heavy (non-hydrogen) atoms. The lowest BCUT2D eigenvalue weighted by Crippen LogP contribution is -2.29. The predicted molar refractivity (Wildman–Crippen MR) is 135 cm³/mol. The third kappa shape index (κ3) is 4.36. The first-order valence-corrected chi connectivity index (χ1v) is 11.4. The van der Waals surface area contributed by atoms with Crippen LogP contribution in [0.2, 0.25) is 0 Å². The van der Waals surface area contributed by atoms with Gasteiger partial charge in [-0.25, -0.2) is 4.39 Å². The summed E-state index contributed by atoms with van der Waals surface area (Å²) in [6.45, 7) is 1.92. The minimum absolute atomic E-state index is 0.0796. The SMILES string of the molecule is Cc1ccc(N2C(=O)C(=O)/C(=C(\O)c3ccc(F)cc3)C2c2cccc(Oc3ccccc3)c2)cc1. The van der Waals surface area contributed by atoms with Crippen molar-refractivity contribution in [2.75, 3.05) is 4.90 Å². The Morgan fingerprint density at radius 2 is 1.50 bits per heavy atom. The lowest BCUT2D eigenvalue weighted by atomic mass is 9.95. The molecule has 5 nitrogen and oxygen atoms in total. The molecule has 6 heteroatoms. The molecule has 1 aliphatic rings. The Kier molecular flexibility index (Phi) is 6.09. The number of aryl methyl sites for hydroxylation is 1. The van der Waals surface area contributed by atoms with Gasteiger partial charge in [0.25, 0.3) is 11.7 Å². The summed E-state index contributed by atoms with van der Waals surface area (Å²) in [6.07, 6.45) is 0. The normalized spacial score (nSPS) is 16.8. The van der Waals surface area contributed by atoms with E-state index in [0.29, 0.717) is 22.7 Å². The quantitative estimate of drug-likeness (QED) is 0.200. The number of rotatable bonds is 5. The third-order valence-electron chi connectivity index (χ3n) is 6.03. The highest BCUT2D eigenvalue weighted by Gasteiger charge is 2.47. The molecule has 0 spiro atoms. The number of ether oxygens (including phenoxy) is 1. The fourth-order valence-electron chi connectivity index (χ4n) is 4.26. The van der Waals surface area contributed by atoms with Crippen molar-refractivity contribution in [3.63, 3.8) is 0 Å². The number of aliphatic hydroxyl groups is 1. The van der Waals surface area contributed by atoms with E-state index in [1.165, 1.54) is 29.2 Å². The maximum atomic E-state index is 13.5. The van der Waals surface area contributed by atoms with Crippen LogP contribution in [0.1, 0.15) is 22.7 Å². The van der Waals surface area contributed by atoms with Gasteiger partial charge in [-0.1, -0.05) is 48.0 Å². The van der Waals surface area contributed by atoms with E-state index in [1.807, 2.05) is 49.4 Å². The summed E-state index contributed by atoms with van der Waals surface area (Å²) in [5.41, 5.74) is 2.24. The van der Waals surface area contributed by atoms with Crippen LogP contribution in [-0.2, 0) is 9.59 Å². The molecule has 4 aromatic rings. The Hall–Kier alpha value is -4.71. The van der Waals surface area contributed by atoms with Crippen molar-refractivity contribution < 1.29 is 23.8 Å². The Morgan fingerprint density at radius 3 is 2.19 bits per heavy atom. The summed E-state index contributed by atoms with van der Waals surface area (Å²) in [6, 6.07) is 27.7. The van der Waals surface area contributed by atoms with Crippen LogP contribution < -0.4 is 9.64 Å². The lowest BCUT2D eigenvalue weighted by molar-refractivity contribution is -0.132. The minimum Gasteiger partial charge on any atom is -0.507 e.